The second-order valence-electron chi connectivity index (χ2n) is 12.2. The predicted molar refractivity (Wildman–Crippen MR) is 156 cm³/mol. The van der Waals surface area contributed by atoms with E-state index in [9.17, 15) is 0 Å². The van der Waals surface area contributed by atoms with Gasteiger partial charge in [0.1, 0.15) is 11.6 Å². The summed E-state index contributed by atoms with van der Waals surface area (Å²) in [5.41, 5.74) is 6.68. The Hall–Kier alpha value is -3.66. The molecule has 38 heavy (non-hydrogen) atoms. The van der Waals surface area contributed by atoms with Crippen LogP contribution in [0.1, 0.15) is 64.3 Å². The molecule has 2 heterocycles. The lowest BCUT2D eigenvalue weighted by molar-refractivity contribution is 0.377. The van der Waals surface area contributed by atoms with Gasteiger partial charge in [-0.15, -0.1) is 0 Å². The number of hydrogen-bond donors (Lipinski definition) is 4. The van der Waals surface area contributed by atoms with Crippen LogP contribution in [-0.2, 0) is 13.1 Å². The highest BCUT2D eigenvalue weighted by atomic mass is 15.0. The highest BCUT2D eigenvalue weighted by Crippen LogP contribution is 2.20. The average molecular weight is 509 g/mol. The van der Waals surface area contributed by atoms with Crippen molar-refractivity contribution in [2.75, 3.05) is 13.1 Å². The third kappa shape index (κ3) is 8.44. The highest BCUT2D eigenvalue weighted by molar-refractivity contribution is 5.62. The van der Waals surface area contributed by atoms with E-state index in [1.165, 1.54) is 0 Å². The van der Waals surface area contributed by atoms with Crippen molar-refractivity contribution >= 4 is 0 Å². The maximum atomic E-state index is 4.51. The number of aromatic amines is 2. The lowest BCUT2D eigenvalue weighted by Gasteiger charge is -2.18. The standard InChI is InChI=1S/C32H40N6/c1-31(2,3)21-33-19-29-35-17-27(37-29)25-13-9-23(10-14-25)7-8-24-11-15-26(16-12-24)28-18-36-30(38-28)20-34-22-32(4,5)6/h9-18,33-34H,19-22H2,1-6H3,(H,35,37)(H,36,38). The van der Waals surface area contributed by atoms with Crippen molar-refractivity contribution in [3.63, 3.8) is 0 Å². The molecule has 4 rings (SSSR count). The summed E-state index contributed by atoms with van der Waals surface area (Å²) in [4.78, 5) is 15.8. The van der Waals surface area contributed by atoms with E-state index in [2.05, 4.69) is 132 Å². The Morgan fingerprint density at radius 1 is 0.605 bits per heavy atom. The zero-order chi connectivity index (χ0) is 27.2. The number of rotatable bonds is 8. The molecule has 0 saturated carbocycles. The van der Waals surface area contributed by atoms with Crippen molar-refractivity contribution in [2.24, 2.45) is 10.8 Å². The normalized spacial score (nSPS) is 11.8. The molecule has 4 aromatic rings. The van der Waals surface area contributed by atoms with E-state index in [1.807, 2.05) is 12.4 Å². The molecule has 6 nitrogen and oxygen atoms in total. The molecule has 0 amide bonds. The molecule has 0 unspecified atom stereocenters. The van der Waals surface area contributed by atoms with Crippen LogP contribution in [0, 0.1) is 22.7 Å². The van der Waals surface area contributed by atoms with Crippen molar-refractivity contribution < 1.29 is 0 Å². The van der Waals surface area contributed by atoms with E-state index in [0.29, 0.717) is 0 Å². The number of nitrogens with zero attached hydrogens (tertiary/aromatic N) is 2. The molecular formula is C32H40N6. The molecule has 0 atom stereocenters. The van der Waals surface area contributed by atoms with Gasteiger partial charge in [-0.3, -0.25) is 0 Å². The van der Waals surface area contributed by atoms with Crippen LogP contribution in [-0.4, -0.2) is 33.0 Å². The van der Waals surface area contributed by atoms with Crippen LogP contribution < -0.4 is 10.6 Å². The summed E-state index contributed by atoms with van der Waals surface area (Å²) >= 11 is 0. The van der Waals surface area contributed by atoms with Crippen molar-refractivity contribution in [2.45, 2.75) is 54.6 Å². The number of aromatic nitrogens is 4. The number of H-pyrrole nitrogens is 2. The summed E-state index contributed by atoms with van der Waals surface area (Å²) in [6, 6.07) is 16.5. The first-order valence-corrected chi connectivity index (χ1v) is 13.3. The predicted octanol–water partition coefficient (Wildman–Crippen LogP) is 6.14. The van der Waals surface area contributed by atoms with Crippen LogP contribution >= 0.6 is 0 Å². The van der Waals surface area contributed by atoms with E-state index in [-0.39, 0.29) is 10.8 Å². The van der Waals surface area contributed by atoms with Crippen molar-refractivity contribution in [3.05, 3.63) is 83.7 Å². The molecule has 0 saturated heterocycles. The second kappa shape index (κ2) is 11.8. The summed E-state index contributed by atoms with van der Waals surface area (Å²) < 4.78 is 0. The smallest absolute Gasteiger partial charge is 0.120 e. The molecular weight excluding hydrogens is 468 g/mol. The fourth-order valence-corrected chi connectivity index (χ4v) is 3.92. The quantitative estimate of drug-likeness (QED) is 0.216. The monoisotopic (exact) mass is 508 g/mol. The van der Waals surface area contributed by atoms with Gasteiger partial charge in [0.05, 0.1) is 36.9 Å². The Morgan fingerprint density at radius 2 is 0.974 bits per heavy atom. The number of imidazole rings is 2. The fourth-order valence-electron chi connectivity index (χ4n) is 3.92. The fraction of sp³-hybridized carbons (Fsp3) is 0.375. The number of benzene rings is 2. The Kier molecular flexibility index (Phi) is 8.51. The molecule has 0 aliphatic rings. The first kappa shape index (κ1) is 27.4. The molecule has 0 aliphatic heterocycles. The van der Waals surface area contributed by atoms with Gasteiger partial charge in [0, 0.05) is 24.2 Å². The summed E-state index contributed by atoms with van der Waals surface area (Å²) in [6.07, 6.45) is 3.78. The third-order valence-electron chi connectivity index (χ3n) is 5.90. The van der Waals surface area contributed by atoms with Gasteiger partial charge in [0.2, 0.25) is 0 Å². The molecule has 4 N–H and O–H groups in total. The Labute approximate surface area is 227 Å². The van der Waals surface area contributed by atoms with Gasteiger partial charge in [-0.05, 0) is 46.2 Å². The van der Waals surface area contributed by atoms with Gasteiger partial charge in [-0.25, -0.2) is 9.97 Å². The third-order valence-corrected chi connectivity index (χ3v) is 5.90. The van der Waals surface area contributed by atoms with E-state index in [4.69, 9.17) is 0 Å². The van der Waals surface area contributed by atoms with Crippen LogP contribution in [0.15, 0.2) is 60.9 Å². The molecule has 0 spiro atoms. The minimum atomic E-state index is 0.252. The molecule has 0 fully saturated rings. The van der Waals surface area contributed by atoms with Gasteiger partial charge in [-0.2, -0.15) is 0 Å². The van der Waals surface area contributed by atoms with Crippen LogP contribution in [0.25, 0.3) is 22.5 Å². The van der Waals surface area contributed by atoms with Crippen LogP contribution in [0.5, 0.6) is 0 Å². The summed E-state index contributed by atoms with van der Waals surface area (Å²) in [6.45, 7) is 16.7. The Morgan fingerprint density at radius 3 is 1.32 bits per heavy atom. The topological polar surface area (TPSA) is 81.4 Å². The van der Waals surface area contributed by atoms with Crippen molar-refractivity contribution in [1.29, 1.82) is 0 Å². The molecule has 2 aromatic carbocycles. The first-order chi connectivity index (χ1) is 18.0. The molecule has 6 heteroatoms. The number of nitrogens with one attached hydrogen (secondary N) is 4. The van der Waals surface area contributed by atoms with Crippen molar-refractivity contribution in [3.8, 4) is 34.4 Å². The Bertz CT molecular complexity index is 1260. The molecule has 0 bridgehead atoms. The maximum absolute atomic E-state index is 4.51. The molecule has 0 radical (unpaired) electrons. The molecule has 0 aliphatic carbocycles. The average Bonchev–Trinajstić information content (AvgIpc) is 3.52. The maximum Gasteiger partial charge on any atom is 0.120 e. The van der Waals surface area contributed by atoms with Crippen LogP contribution in [0.3, 0.4) is 0 Å². The second-order valence-corrected chi connectivity index (χ2v) is 12.2. The summed E-state index contributed by atoms with van der Waals surface area (Å²) in [5.74, 6) is 8.43. The lowest BCUT2D eigenvalue weighted by atomic mass is 9.97. The molecule has 198 valence electrons. The van der Waals surface area contributed by atoms with Gasteiger partial charge >= 0.3 is 0 Å². The molecule has 2 aromatic heterocycles. The minimum absolute atomic E-state index is 0.252. The Balaban J connectivity index is 1.32. The summed E-state index contributed by atoms with van der Waals surface area (Å²) in [7, 11) is 0. The lowest BCUT2D eigenvalue weighted by Crippen LogP contribution is -2.26. The van der Waals surface area contributed by atoms with E-state index in [1.54, 1.807) is 0 Å². The highest BCUT2D eigenvalue weighted by Gasteiger charge is 2.11. The van der Waals surface area contributed by atoms with E-state index < -0.39 is 0 Å². The van der Waals surface area contributed by atoms with Crippen LogP contribution in [0.4, 0.5) is 0 Å². The van der Waals surface area contributed by atoms with Gasteiger partial charge < -0.3 is 20.6 Å². The largest absolute Gasteiger partial charge is 0.341 e. The van der Waals surface area contributed by atoms with Gasteiger partial charge in [0.25, 0.3) is 0 Å². The van der Waals surface area contributed by atoms with Gasteiger partial charge in [0.15, 0.2) is 0 Å². The van der Waals surface area contributed by atoms with E-state index >= 15 is 0 Å². The first-order valence-electron chi connectivity index (χ1n) is 13.3. The zero-order valence-corrected chi connectivity index (χ0v) is 23.5. The minimum Gasteiger partial charge on any atom is -0.341 e. The summed E-state index contributed by atoms with van der Waals surface area (Å²) in [5, 5.41) is 6.91. The van der Waals surface area contributed by atoms with E-state index in [0.717, 1.165) is 71.5 Å². The zero-order valence-electron chi connectivity index (χ0n) is 23.5. The van der Waals surface area contributed by atoms with Crippen LogP contribution in [0.2, 0.25) is 0 Å². The SMILES string of the molecule is CC(C)(C)CNCc1ncc(-c2ccc(C#Cc3ccc(-c4cnc(CNCC(C)(C)C)[nH]4)cc3)cc2)[nH]1. The van der Waals surface area contributed by atoms with Crippen molar-refractivity contribution in [1.82, 2.24) is 30.6 Å². The van der Waals surface area contributed by atoms with Gasteiger partial charge in [-0.1, -0.05) is 77.6 Å². The number of hydrogen-bond acceptors (Lipinski definition) is 4.